The first-order valence-electron chi connectivity index (χ1n) is 20.1. The van der Waals surface area contributed by atoms with Crippen LogP contribution in [-0.4, -0.2) is 105 Å². The number of pyridine rings is 1. The van der Waals surface area contributed by atoms with E-state index in [4.69, 9.17) is 19.6 Å². The van der Waals surface area contributed by atoms with Crippen LogP contribution in [0.3, 0.4) is 0 Å². The minimum Gasteiger partial charge on any atom is -0.444 e. The predicted octanol–water partition coefficient (Wildman–Crippen LogP) is 3.66. The SMILES string of the molecule is NC(=O)c1nn(-c2ccc(C(=O)CCCOCCOCCNc3cccc4c3C(=O)N(C3CCC(=O)NC3=O)C4=O)cc2)cc1NC(=O)c1coc(-c2ccnc(C3CC3)c2)n1. The fourth-order valence-electron chi connectivity index (χ4n) is 7.18. The Morgan fingerprint density at radius 2 is 1.71 bits per heavy atom. The van der Waals surface area contributed by atoms with Gasteiger partial charge in [0.1, 0.15) is 12.3 Å². The lowest BCUT2D eigenvalue weighted by molar-refractivity contribution is -0.136. The first-order chi connectivity index (χ1) is 30.0. The number of benzene rings is 2. The van der Waals surface area contributed by atoms with Crippen molar-refractivity contribution in [2.45, 2.75) is 50.5 Å². The van der Waals surface area contributed by atoms with E-state index < -0.39 is 41.5 Å². The van der Waals surface area contributed by atoms with E-state index in [1.807, 2.05) is 6.07 Å². The molecule has 6 amide bonds. The van der Waals surface area contributed by atoms with E-state index in [-0.39, 0.29) is 72.4 Å². The summed E-state index contributed by atoms with van der Waals surface area (Å²) in [7, 11) is 0. The van der Waals surface area contributed by atoms with E-state index >= 15 is 0 Å². The monoisotopic (exact) mass is 843 g/mol. The van der Waals surface area contributed by atoms with E-state index in [0.717, 1.165) is 23.4 Å². The van der Waals surface area contributed by atoms with Gasteiger partial charge in [-0.3, -0.25) is 48.8 Å². The van der Waals surface area contributed by atoms with E-state index in [1.165, 1.54) is 23.2 Å². The fraction of sp³-hybridized carbons (Fsp3) is 0.302. The Labute approximate surface area is 353 Å². The first-order valence-corrected chi connectivity index (χ1v) is 20.1. The molecule has 0 bridgehead atoms. The average molecular weight is 844 g/mol. The molecule has 3 aliphatic rings. The Morgan fingerprint density at radius 1 is 0.919 bits per heavy atom. The number of carbonyl (C=O) groups excluding carboxylic acids is 7. The van der Waals surface area contributed by atoms with Crippen molar-refractivity contribution >= 4 is 52.6 Å². The van der Waals surface area contributed by atoms with Gasteiger partial charge >= 0.3 is 0 Å². The van der Waals surface area contributed by atoms with Gasteiger partial charge in [-0.25, -0.2) is 9.67 Å². The van der Waals surface area contributed by atoms with Crippen molar-refractivity contribution in [3.05, 3.63) is 107 Å². The topological polar surface area (TPSA) is 260 Å². The molecule has 62 heavy (non-hydrogen) atoms. The largest absolute Gasteiger partial charge is 0.444 e. The molecule has 1 saturated carbocycles. The number of ether oxygens (including phenoxy) is 2. The number of carbonyl (C=O) groups is 7. The maximum absolute atomic E-state index is 13.2. The third kappa shape index (κ3) is 9.03. The molecular weight excluding hydrogens is 803 g/mol. The highest BCUT2D eigenvalue weighted by molar-refractivity contribution is 6.25. The number of hydrogen-bond donors (Lipinski definition) is 4. The number of hydrogen-bond acceptors (Lipinski definition) is 14. The molecule has 2 fully saturated rings. The van der Waals surface area contributed by atoms with E-state index in [2.05, 4.69) is 31.0 Å². The minimum absolute atomic E-state index is 0.00394. The molecular formula is C43H41N9O10. The second-order valence-electron chi connectivity index (χ2n) is 14.8. The Balaban J connectivity index is 0.745. The van der Waals surface area contributed by atoms with E-state index in [9.17, 15) is 33.6 Å². The molecule has 3 aromatic heterocycles. The summed E-state index contributed by atoms with van der Waals surface area (Å²) in [6.07, 6.45) is 7.36. The number of nitrogens with one attached hydrogen (secondary N) is 3. The molecule has 19 nitrogen and oxygen atoms in total. The second-order valence-corrected chi connectivity index (χ2v) is 14.8. The number of fused-ring (bicyclic) bond motifs is 1. The fourth-order valence-corrected chi connectivity index (χ4v) is 7.18. The van der Waals surface area contributed by atoms with Gasteiger partial charge in [0.25, 0.3) is 23.6 Å². The number of aromatic nitrogens is 4. The molecule has 0 radical (unpaired) electrons. The smallest absolute Gasteiger partial charge is 0.277 e. The maximum atomic E-state index is 13.2. The molecule has 1 aliphatic carbocycles. The number of primary amides is 1. The summed E-state index contributed by atoms with van der Waals surface area (Å²) < 4.78 is 18.2. The number of anilines is 2. The predicted molar refractivity (Wildman–Crippen MR) is 219 cm³/mol. The molecule has 8 rings (SSSR count). The number of oxazole rings is 1. The summed E-state index contributed by atoms with van der Waals surface area (Å²) in [5.41, 5.74) is 8.92. The molecule has 5 N–H and O–H groups in total. The molecule has 19 heteroatoms. The number of piperidine rings is 1. The third-order valence-electron chi connectivity index (χ3n) is 10.5. The van der Waals surface area contributed by atoms with Gasteiger partial charge in [-0.15, -0.1) is 0 Å². The van der Waals surface area contributed by atoms with Crippen molar-refractivity contribution < 1.29 is 47.5 Å². The zero-order valence-electron chi connectivity index (χ0n) is 33.3. The van der Waals surface area contributed by atoms with Crippen LogP contribution in [0, 0.1) is 0 Å². The van der Waals surface area contributed by atoms with Crippen LogP contribution < -0.4 is 21.7 Å². The summed E-state index contributed by atoms with van der Waals surface area (Å²) in [5, 5.41) is 12.2. The minimum atomic E-state index is -1.05. The third-order valence-corrected chi connectivity index (χ3v) is 10.5. The van der Waals surface area contributed by atoms with Crippen molar-refractivity contribution in [3.8, 4) is 17.1 Å². The Bertz CT molecular complexity index is 2580. The summed E-state index contributed by atoms with van der Waals surface area (Å²) in [6.45, 7) is 1.52. The Hall–Kier alpha value is -7.38. The van der Waals surface area contributed by atoms with Crippen molar-refractivity contribution in [1.82, 2.24) is 30.0 Å². The molecule has 318 valence electrons. The number of amides is 6. The Morgan fingerprint density at radius 3 is 2.47 bits per heavy atom. The number of imide groups is 2. The summed E-state index contributed by atoms with van der Waals surface area (Å²) >= 11 is 0. The van der Waals surface area contributed by atoms with Crippen molar-refractivity contribution in [1.29, 1.82) is 0 Å². The van der Waals surface area contributed by atoms with Crippen LogP contribution in [0.4, 0.5) is 11.4 Å². The average Bonchev–Trinajstić information content (AvgIpc) is 3.74. The summed E-state index contributed by atoms with van der Waals surface area (Å²) in [6, 6.07) is 14.0. The molecule has 0 spiro atoms. The van der Waals surface area contributed by atoms with Crippen LogP contribution in [0.5, 0.6) is 0 Å². The normalized spacial score (nSPS) is 16.0. The lowest BCUT2D eigenvalue weighted by Gasteiger charge is -2.27. The molecule has 5 aromatic rings. The number of ketones is 1. The van der Waals surface area contributed by atoms with E-state index in [0.29, 0.717) is 54.6 Å². The van der Waals surface area contributed by atoms with Gasteiger partial charge in [0.05, 0.1) is 48.5 Å². The number of Topliss-reactive ketones (excluding diaryl/α,β-unsaturated/α-hetero) is 1. The van der Waals surface area contributed by atoms with Gasteiger partial charge in [0, 0.05) is 60.6 Å². The van der Waals surface area contributed by atoms with Gasteiger partial charge in [-0.1, -0.05) is 6.07 Å². The van der Waals surface area contributed by atoms with Crippen LogP contribution in [-0.2, 0) is 19.1 Å². The van der Waals surface area contributed by atoms with Crippen molar-refractivity contribution in [2.75, 3.05) is 43.6 Å². The zero-order valence-corrected chi connectivity index (χ0v) is 33.3. The summed E-state index contributed by atoms with van der Waals surface area (Å²) in [4.78, 5) is 98.1. The van der Waals surface area contributed by atoms with Crippen LogP contribution in [0.2, 0.25) is 0 Å². The lowest BCUT2D eigenvalue weighted by atomic mass is 10.0. The van der Waals surface area contributed by atoms with Gasteiger partial charge in [-0.05, 0) is 74.2 Å². The highest BCUT2D eigenvalue weighted by Crippen LogP contribution is 2.40. The van der Waals surface area contributed by atoms with Gasteiger partial charge in [0.2, 0.25) is 17.7 Å². The lowest BCUT2D eigenvalue weighted by Crippen LogP contribution is -2.54. The zero-order chi connectivity index (χ0) is 43.3. The molecule has 1 unspecified atom stereocenters. The molecule has 1 saturated heterocycles. The second kappa shape index (κ2) is 18.1. The molecule has 2 aliphatic heterocycles. The first kappa shape index (κ1) is 41.4. The van der Waals surface area contributed by atoms with Gasteiger partial charge in [-0.2, -0.15) is 5.10 Å². The number of nitrogens with two attached hydrogens (primary N) is 1. The highest BCUT2D eigenvalue weighted by atomic mass is 16.5. The molecule has 1 atom stereocenters. The Kier molecular flexibility index (Phi) is 12.1. The van der Waals surface area contributed by atoms with Crippen LogP contribution in [0.15, 0.2) is 77.7 Å². The van der Waals surface area contributed by atoms with Crippen LogP contribution in [0.25, 0.3) is 17.1 Å². The number of rotatable bonds is 19. The van der Waals surface area contributed by atoms with Crippen LogP contribution in [0.1, 0.15) is 102 Å². The van der Waals surface area contributed by atoms with Crippen molar-refractivity contribution in [3.63, 3.8) is 0 Å². The van der Waals surface area contributed by atoms with Crippen molar-refractivity contribution in [2.24, 2.45) is 5.73 Å². The molecule has 5 heterocycles. The maximum Gasteiger partial charge on any atom is 0.277 e. The summed E-state index contributed by atoms with van der Waals surface area (Å²) in [5.74, 6) is -3.16. The van der Waals surface area contributed by atoms with Gasteiger partial charge in [0.15, 0.2) is 17.2 Å². The van der Waals surface area contributed by atoms with E-state index in [1.54, 1.807) is 48.7 Å². The van der Waals surface area contributed by atoms with Gasteiger partial charge < -0.3 is 30.3 Å². The quantitative estimate of drug-likeness (QED) is 0.0526. The highest BCUT2D eigenvalue weighted by Gasteiger charge is 2.45. The van der Waals surface area contributed by atoms with Crippen LogP contribution >= 0.6 is 0 Å². The number of nitrogens with zero attached hydrogens (tertiary/aromatic N) is 5. The standard InChI is InChI=1S/C43H41N9O10/c44-38(55)37-31(47-39(56)32-23-62-41(48-32)26-14-15-45-30(21-26)24-6-7-24)22-51(50-37)27-10-8-25(9-11-27)34(53)5-2-17-60-19-20-61-18-16-46-29-4-1-3-28-36(29)43(59)52(42(28)58)33-12-13-35(54)49-40(33)57/h1,3-4,8-11,14-15,21-24,33,46H,2,5-7,12-13,16-20H2,(H2,44,55)(H,47,56)(H,49,54,57). The molecule has 2 aromatic carbocycles.